The minimum Gasteiger partial charge on any atom is -0.455 e. The van der Waals surface area contributed by atoms with E-state index in [4.69, 9.17) is 14.2 Å². The predicted molar refractivity (Wildman–Crippen MR) is 130 cm³/mol. The molecule has 1 heterocycles. The van der Waals surface area contributed by atoms with Gasteiger partial charge in [0.15, 0.2) is 5.78 Å². The number of rotatable bonds is 3. The zero-order chi connectivity index (χ0) is 27.1. The lowest BCUT2D eigenvalue weighted by Crippen LogP contribution is -2.81. The number of methoxy groups -OCH3 is 1. The van der Waals surface area contributed by atoms with Crippen LogP contribution in [-0.2, 0) is 19.0 Å². The van der Waals surface area contributed by atoms with E-state index in [2.05, 4.69) is 0 Å². The molecule has 1 saturated heterocycles. The molecule has 1 aliphatic heterocycles. The Kier molecular flexibility index (Phi) is 6.03. The van der Waals surface area contributed by atoms with Gasteiger partial charge in [-0.15, -0.1) is 0 Å². The Morgan fingerprint density at radius 3 is 2.32 bits per heavy atom. The summed E-state index contributed by atoms with van der Waals surface area (Å²) in [4.78, 5) is 27.7. The highest BCUT2D eigenvalue weighted by atomic mass is 16.6. The van der Waals surface area contributed by atoms with Crippen LogP contribution in [0.2, 0.25) is 0 Å². The van der Waals surface area contributed by atoms with E-state index < -0.39 is 70.2 Å². The van der Waals surface area contributed by atoms with Crippen LogP contribution >= 0.6 is 0 Å². The lowest BCUT2D eigenvalue weighted by atomic mass is 9.44. The first-order valence-corrected chi connectivity index (χ1v) is 12.7. The van der Waals surface area contributed by atoms with Gasteiger partial charge in [0.1, 0.15) is 23.4 Å². The number of hydrogen-bond acceptors (Lipinski definition) is 9. The molecule has 202 valence electrons. The summed E-state index contributed by atoms with van der Waals surface area (Å²) in [6, 6.07) is 8.28. The fraction of sp³-hybridized carbons (Fsp3) is 0.643. The van der Waals surface area contributed by atoms with Gasteiger partial charge >= 0.3 is 5.97 Å². The molecule has 1 aromatic carbocycles. The third kappa shape index (κ3) is 3.25. The molecule has 37 heavy (non-hydrogen) atoms. The van der Waals surface area contributed by atoms with Crippen LogP contribution in [0.25, 0.3) is 0 Å². The minimum atomic E-state index is -1.94. The molecule has 9 nitrogen and oxygen atoms in total. The molecule has 4 aliphatic rings. The van der Waals surface area contributed by atoms with Crippen molar-refractivity contribution < 1.29 is 44.2 Å². The van der Waals surface area contributed by atoms with Gasteiger partial charge in [-0.25, -0.2) is 4.79 Å². The first-order chi connectivity index (χ1) is 17.3. The fourth-order valence-corrected chi connectivity index (χ4v) is 7.55. The van der Waals surface area contributed by atoms with Gasteiger partial charge in [0.2, 0.25) is 0 Å². The average molecular weight is 517 g/mol. The topological polar surface area (TPSA) is 143 Å². The van der Waals surface area contributed by atoms with Gasteiger partial charge in [0, 0.05) is 31.3 Å². The van der Waals surface area contributed by atoms with Gasteiger partial charge < -0.3 is 34.6 Å². The molecule has 0 spiro atoms. The van der Waals surface area contributed by atoms with Gasteiger partial charge in [0.25, 0.3) is 0 Å². The summed E-state index contributed by atoms with van der Waals surface area (Å²) in [6.45, 7) is 6.55. The molecule has 0 unspecified atom stereocenters. The molecule has 0 amide bonds. The van der Waals surface area contributed by atoms with Crippen LogP contribution in [0.4, 0.5) is 0 Å². The molecule has 9 atom stereocenters. The minimum absolute atomic E-state index is 0.0463. The quantitative estimate of drug-likeness (QED) is 0.344. The van der Waals surface area contributed by atoms with Gasteiger partial charge in [-0.2, -0.15) is 0 Å². The Morgan fingerprint density at radius 2 is 1.76 bits per heavy atom. The first-order valence-electron chi connectivity index (χ1n) is 12.7. The third-order valence-electron chi connectivity index (χ3n) is 9.99. The highest BCUT2D eigenvalue weighted by molar-refractivity contribution is 5.94. The van der Waals surface area contributed by atoms with E-state index in [1.807, 2.05) is 0 Å². The Labute approximate surface area is 216 Å². The predicted octanol–water partition coefficient (Wildman–Crippen LogP) is 1.17. The molecule has 2 bridgehead atoms. The third-order valence-corrected chi connectivity index (χ3v) is 9.99. The maximum Gasteiger partial charge on any atom is 0.338 e. The zero-order valence-corrected chi connectivity index (χ0v) is 21.8. The number of aliphatic hydroxyl groups is 4. The number of Topliss-reactive ketones (excluding diaryl/α,β-unsaturated/α-hetero) is 1. The Bertz CT molecular complexity index is 1140. The van der Waals surface area contributed by atoms with Gasteiger partial charge in [-0.05, 0) is 37.1 Å². The van der Waals surface area contributed by atoms with Crippen molar-refractivity contribution >= 4 is 11.8 Å². The number of fused-ring (bicyclic) bond motifs is 5. The molecule has 1 aromatic rings. The molecular weight excluding hydrogens is 480 g/mol. The summed E-state index contributed by atoms with van der Waals surface area (Å²) in [5, 5.41) is 46.6. The van der Waals surface area contributed by atoms with Crippen molar-refractivity contribution in [1.29, 1.82) is 0 Å². The van der Waals surface area contributed by atoms with E-state index in [9.17, 15) is 30.0 Å². The fourth-order valence-electron chi connectivity index (χ4n) is 7.55. The van der Waals surface area contributed by atoms with Crippen molar-refractivity contribution in [2.45, 2.75) is 82.3 Å². The lowest BCUT2D eigenvalue weighted by molar-refractivity contribution is -0.350. The maximum atomic E-state index is 14.2. The summed E-state index contributed by atoms with van der Waals surface area (Å²) in [6.07, 6.45) is -6.34. The Hall–Kier alpha value is -2.14. The molecular formula is C28H36O9. The summed E-state index contributed by atoms with van der Waals surface area (Å²) in [5.74, 6) is -2.50. The van der Waals surface area contributed by atoms with Crippen LogP contribution in [0.15, 0.2) is 41.5 Å². The summed E-state index contributed by atoms with van der Waals surface area (Å²) in [5.41, 5.74) is -5.31. The average Bonchev–Trinajstić information content (AvgIpc) is 2.85. The molecule has 2 saturated carbocycles. The SMILES string of the molecule is CO[C@@]12CO[C@@H]1C[C@H](O)[C@@]1(C)C(=O)[C@H](O)C3=C(C)[C@@H](O)C[C@@](O)([C@@H](OC(=O)c4ccccc4)[C@H]21)C3(C)C. The first kappa shape index (κ1) is 26.5. The number of ketones is 1. The van der Waals surface area contributed by atoms with Crippen LogP contribution in [0.1, 0.15) is 50.9 Å². The number of esters is 1. The summed E-state index contributed by atoms with van der Waals surface area (Å²) >= 11 is 0. The number of hydrogen-bond donors (Lipinski definition) is 4. The van der Waals surface area contributed by atoms with Crippen molar-refractivity contribution in [3.8, 4) is 0 Å². The molecule has 0 radical (unpaired) electrons. The number of benzene rings is 1. The van der Waals surface area contributed by atoms with Crippen molar-refractivity contribution in [3.05, 3.63) is 47.0 Å². The summed E-state index contributed by atoms with van der Waals surface area (Å²) < 4.78 is 17.9. The van der Waals surface area contributed by atoms with Crippen molar-refractivity contribution in [2.75, 3.05) is 13.7 Å². The normalized spacial score (nSPS) is 44.6. The van der Waals surface area contributed by atoms with E-state index >= 15 is 0 Å². The molecule has 9 heteroatoms. The van der Waals surface area contributed by atoms with Crippen molar-refractivity contribution in [1.82, 2.24) is 0 Å². The highest BCUT2D eigenvalue weighted by Gasteiger charge is 2.76. The molecule has 3 fully saturated rings. The van der Waals surface area contributed by atoms with E-state index in [-0.39, 0.29) is 30.6 Å². The van der Waals surface area contributed by atoms with Crippen molar-refractivity contribution in [3.63, 3.8) is 0 Å². The number of aliphatic hydroxyl groups excluding tert-OH is 3. The molecule has 0 aromatic heterocycles. The van der Waals surface area contributed by atoms with Gasteiger partial charge in [-0.3, -0.25) is 4.79 Å². The standard InChI is InChI=1S/C28H36O9/c1-14-16(29)12-28(34)23(37-24(33)15-9-7-6-8-10-15)21-26(4,22(32)20(31)19(14)25(28,2)3)17(30)11-18-27(21,35-5)13-36-18/h6-10,16-18,20-21,23,29-31,34H,11-13H2,1-5H3/t16-,17-,18+,20+,21-,23-,26+,27-,28+/m0/s1. The van der Waals surface area contributed by atoms with E-state index in [0.29, 0.717) is 5.57 Å². The zero-order valence-electron chi connectivity index (χ0n) is 21.8. The largest absolute Gasteiger partial charge is 0.455 e. The molecule has 3 aliphatic carbocycles. The van der Waals surface area contributed by atoms with Gasteiger partial charge in [-0.1, -0.05) is 32.0 Å². The van der Waals surface area contributed by atoms with Crippen molar-refractivity contribution in [2.24, 2.45) is 16.7 Å². The van der Waals surface area contributed by atoms with Crippen LogP contribution in [0, 0.1) is 16.7 Å². The van der Waals surface area contributed by atoms with Crippen LogP contribution in [0.5, 0.6) is 0 Å². The maximum absolute atomic E-state index is 14.2. The Morgan fingerprint density at radius 1 is 1.11 bits per heavy atom. The molecule has 5 rings (SSSR count). The lowest BCUT2D eigenvalue weighted by Gasteiger charge is -2.67. The monoisotopic (exact) mass is 516 g/mol. The van der Waals surface area contributed by atoms with Crippen LogP contribution < -0.4 is 0 Å². The number of ether oxygens (including phenoxy) is 3. The highest BCUT2D eigenvalue weighted by Crippen LogP contribution is 2.63. The number of carbonyl (C=O) groups is 2. The second kappa shape index (κ2) is 8.43. The summed E-state index contributed by atoms with van der Waals surface area (Å²) in [7, 11) is 1.46. The second-order valence-electron chi connectivity index (χ2n) is 11.8. The van der Waals surface area contributed by atoms with Gasteiger partial charge in [0.05, 0.1) is 35.9 Å². The van der Waals surface area contributed by atoms with Crippen LogP contribution in [0.3, 0.4) is 0 Å². The van der Waals surface area contributed by atoms with E-state index in [1.54, 1.807) is 51.1 Å². The van der Waals surface area contributed by atoms with E-state index in [1.165, 1.54) is 14.0 Å². The Balaban J connectivity index is 1.80. The smallest absolute Gasteiger partial charge is 0.338 e. The second-order valence-corrected chi connectivity index (χ2v) is 11.8. The van der Waals surface area contributed by atoms with E-state index in [0.717, 1.165) is 0 Å². The molecule has 4 N–H and O–H groups in total. The van der Waals surface area contributed by atoms with Crippen LogP contribution in [-0.4, -0.2) is 87.6 Å². The number of carbonyl (C=O) groups excluding carboxylic acids is 2.